The zero-order chi connectivity index (χ0) is 30.5. The Morgan fingerprint density at radius 3 is 2.56 bits per heavy atom. The average molecular weight is 678 g/mol. The van der Waals surface area contributed by atoms with E-state index in [-0.39, 0.29) is 12.2 Å². The highest BCUT2D eigenvalue weighted by Gasteiger charge is 2.35. The number of halogens is 1. The second-order valence-electron chi connectivity index (χ2n) is 9.34. The Bertz CT molecular complexity index is 1880. The second-order valence-corrected chi connectivity index (χ2v) is 12.1. The number of benzene rings is 3. The third kappa shape index (κ3) is 6.27. The van der Waals surface area contributed by atoms with E-state index in [4.69, 9.17) is 19.2 Å². The van der Waals surface area contributed by atoms with Gasteiger partial charge in [0.05, 0.1) is 40.0 Å². The summed E-state index contributed by atoms with van der Waals surface area (Å²) < 4.78 is 19.6. The lowest BCUT2D eigenvalue weighted by Crippen LogP contribution is -2.40. The summed E-state index contributed by atoms with van der Waals surface area (Å²) in [6, 6.07) is 20.3. The van der Waals surface area contributed by atoms with Gasteiger partial charge in [-0.2, -0.15) is 0 Å². The normalized spacial score (nSPS) is 14.6. The molecule has 0 spiro atoms. The van der Waals surface area contributed by atoms with Crippen LogP contribution in [-0.4, -0.2) is 37.1 Å². The Kier molecular flexibility index (Phi) is 9.69. The van der Waals surface area contributed by atoms with Crippen molar-refractivity contribution in [3.05, 3.63) is 126 Å². The summed E-state index contributed by atoms with van der Waals surface area (Å²) in [5.74, 6) is 0.543. The fraction of sp³-hybridized carbons (Fsp3) is 0.182. The first-order valence-corrected chi connectivity index (χ1v) is 16.3. The number of rotatable bonds is 10. The van der Waals surface area contributed by atoms with Gasteiger partial charge in [0.2, 0.25) is 0 Å². The Labute approximate surface area is 266 Å². The highest BCUT2D eigenvalue weighted by molar-refractivity contribution is 9.10. The molecular formula is C33H29BrN2O5S2. The molecule has 7 nitrogen and oxygen atoms in total. The molecule has 0 unspecified atom stereocenters. The van der Waals surface area contributed by atoms with Crippen molar-refractivity contribution < 1.29 is 19.0 Å². The van der Waals surface area contributed by atoms with Crippen molar-refractivity contribution in [2.75, 3.05) is 26.6 Å². The Balaban J connectivity index is 1.76. The van der Waals surface area contributed by atoms with Crippen LogP contribution < -0.4 is 24.4 Å². The zero-order valence-corrected chi connectivity index (χ0v) is 27.1. The van der Waals surface area contributed by atoms with Crippen LogP contribution in [0.1, 0.15) is 29.7 Å². The van der Waals surface area contributed by atoms with Gasteiger partial charge in [-0.3, -0.25) is 9.36 Å². The van der Waals surface area contributed by atoms with Crippen molar-refractivity contribution in [2.45, 2.75) is 17.9 Å². The quantitative estimate of drug-likeness (QED) is 0.117. The molecule has 1 aliphatic rings. The predicted octanol–water partition coefficient (Wildman–Crippen LogP) is 5.99. The van der Waals surface area contributed by atoms with Crippen LogP contribution in [0.2, 0.25) is 0 Å². The summed E-state index contributed by atoms with van der Waals surface area (Å²) >= 11 is 6.45. The van der Waals surface area contributed by atoms with Gasteiger partial charge in [0.1, 0.15) is 6.61 Å². The molecular weight excluding hydrogens is 648 g/mol. The van der Waals surface area contributed by atoms with E-state index in [1.807, 2.05) is 66.9 Å². The van der Waals surface area contributed by atoms with E-state index in [9.17, 15) is 9.59 Å². The van der Waals surface area contributed by atoms with Crippen molar-refractivity contribution in [3.8, 4) is 11.5 Å². The highest BCUT2D eigenvalue weighted by atomic mass is 79.9. The van der Waals surface area contributed by atoms with Crippen LogP contribution in [0, 0.1) is 0 Å². The largest absolute Gasteiger partial charge is 0.493 e. The topological polar surface area (TPSA) is 79.1 Å². The smallest absolute Gasteiger partial charge is 0.338 e. The molecule has 4 aromatic rings. The molecule has 0 saturated heterocycles. The number of thioether (sulfide) groups is 1. The van der Waals surface area contributed by atoms with Crippen molar-refractivity contribution >= 4 is 56.8 Å². The van der Waals surface area contributed by atoms with Crippen LogP contribution in [0.4, 0.5) is 0 Å². The molecule has 5 rings (SSSR count). The number of methoxy groups -OCH3 is 1. The van der Waals surface area contributed by atoms with Gasteiger partial charge in [-0.15, -0.1) is 11.8 Å². The summed E-state index contributed by atoms with van der Waals surface area (Å²) in [6.45, 7) is 5.97. The zero-order valence-electron chi connectivity index (χ0n) is 23.8. The number of aromatic nitrogens is 1. The van der Waals surface area contributed by atoms with Crippen LogP contribution in [-0.2, 0) is 9.53 Å². The van der Waals surface area contributed by atoms with Gasteiger partial charge in [0.15, 0.2) is 16.3 Å². The molecule has 10 heteroatoms. The van der Waals surface area contributed by atoms with Gasteiger partial charge in [-0.05, 0) is 70.6 Å². The van der Waals surface area contributed by atoms with Crippen LogP contribution in [0.15, 0.2) is 104 Å². The summed E-state index contributed by atoms with van der Waals surface area (Å²) in [7, 11) is 1.56. The number of carbonyl (C=O) groups excluding carboxylic acids is 1. The first-order chi connectivity index (χ1) is 20.9. The number of esters is 1. The van der Waals surface area contributed by atoms with Crippen LogP contribution in [0.25, 0.3) is 11.8 Å². The Hall–Kier alpha value is -3.86. The Morgan fingerprint density at radius 2 is 1.91 bits per heavy atom. The summed E-state index contributed by atoms with van der Waals surface area (Å²) in [4.78, 5) is 34.2. The Morgan fingerprint density at radius 1 is 1.16 bits per heavy atom. The number of nitrogens with zero attached hydrogens (tertiary/aromatic N) is 2. The number of hydrogen-bond donors (Lipinski definition) is 0. The number of thiazole rings is 1. The number of fused-ring (bicyclic) bond motifs is 1. The minimum Gasteiger partial charge on any atom is -0.493 e. The van der Waals surface area contributed by atoms with Crippen molar-refractivity contribution in [1.29, 1.82) is 0 Å². The van der Waals surface area contributed by atoms with Crippen LogP contribution in [0.5, 0.6) is 11.5 Å². The van der Waals surface area contributed by atoms with E-state index in [1.54, 1.807) is 48.6 Å². The first-order valence-electron chi connectivity index (χ1n) is 13.4. The van der Waals surface area contributed by atoms with E-state index in [0.717, 1.165) is 21.6 Å². The SMILES string of the molecule is C=CCOc1c(Br)cc(/C=c2\sc3n(c2=O)[C@@H](c2ccc(SC)cc2)C(C(=O)OCC)=C(c2ccccc2)N=3)cc1OC. The van der Waals surface area contributed by atoms with Gasteiger partial charge >= 0.3 is 5.97 Å². The van der Waals surface area contributed by atoms with Gasteiger partial charge in [0, 0.05) is 10.5 Å². The van der Waals surface area contributed by atoms with E-state index >= 15 is 0 Å². The lowest BCUT2D eigenvalue weighted by molar-refractivity contribution is -0.138. The monoisotopic (exact) mass is 676 g/mol. The lowest BCUT2D eigenvalue weighted by Gasteiger charge is -2.26. The second kappa shape index (κ2) is 13.6. The molecule has 0 fully saturated rings. The lowest BCUT2D eigenvalue weighted by atomic mass is 9.93. The molecule has 0 bridgehead atoms. The minimum absolute atomic E-state index is 0.191. The third-order valence-corrected chi connectivity index (χ3v) is 9.02. The number of carbonyl (C=O) groups is 1. The van der Waals surface area contributed by atoms with Gasteiger partial charge in [-0.1, -0.05) is 66.5 Å². The first kappa shape index (κ1) is 30.6. The molecule has 1 aromatic heterocycles. The van der Waals surface area contributed by atoms with Crippen LogP contribution >= 0.6 is 39.0 Å². The van der Waals surface area contributed by atoms with E-state index in [1.165, 1.54) is 11.3 Å². The third-order valence-electron chi connectivity index (χ3n) is 6.70. The maximum atomic E-state index is 14.2. The molecule has 0 amide bonds. The molecule has 2 heterocycles. The fourth-order valence-electron chi connectivity index (χ4n) is 4.80. The fourth-order valence-corrected chi connectivity index (χ4v) is 6.78. The van der Waals surface area contributed by atoms with Crippen molar-refractivity contribution in [2.24, 2.45) is 4.99 Å². The van der Waals surface area contributed by atoms with Gasteiger partial charge in [0.25, 0.3) is 5.56 Å². The predicted molar refractivity (Wildman–Crippen MR) is 176 cm³/mol. The average Bonchev–Trinajstić information content (AvgIpc) is 3.34. The van der Waals surface area contributed by atoms with Gasteiger partial charge < -0.3 is 14.2 Å². The van der Waals surface area contributed by atoms with Gasteiger partial charge in [-0.25, -0.2) is 9.79 Å². The maximum absolute atomic E-state index is 14.2. The van der Waals surface area contributed by atoms with Crippen molar-refractivity contribution in [1.82, 2.24) is 4.57 Å². The molecule has 3 aromatic carbocycles. The molecule has 0 radical (unpaired) electrons. The molecule has 43 heavy (non-hydrogen) atoms. The van der Waals surface area contributed by atoms with E-state index in [0.29, 0.717) is 43.2 Å². The molecule has 0 N–H and O–H groups in total. The summed E-state index contributed by atoms with van der Waals surface area (Å²) in [5.41, 5.74) is 2.81. The molecule has 220 valence electrons. The summed E-state index contributed by atoms with van der Waals surface area (Å²) in [6.07, 6.45) is 5.44. The molecule has 1 aliphatic heterocycles. The molecule has 1 atom stereocenters. The van der Waals surface area contributed by atoms with E-state index < -0.39 is 12.0 Å². The molecule has 0 aliphatic carbocycles. The summed E-state index contributed by atoms with van der Waals surface area (Å²) in [5, 5.41) is 0. The maximum Gasteiger partial charge on any atom is 0.338 e. The standard InChI is InChI=1S/C33H29BrN2O5S2/c1-5-16-41-30-24(34)17-20(18-25(30)39-3)19-26-31(37)36-29(22-12-14-23(42-4)15-13-22)27(32(38)40-6-2)28(35-33(36)43-26)21-10-8-7-9-11-21/h5,7-15,17-19,29H,1,6,16H2,2-4H3/b26-19-/t29-/m0/s1. The van der Waals surface area contributed by atoms with Crippen molar-refractivity contribution in [3.63, 3.8) is 0 Å². The number of ether oxygens (including phenoxy) is 3. The minimum atomic E-state index is -0.737. The molecule has 0 saturated carbocycles. The van der Waals surface area contributed by atoms with Crippen LogP contribution in [0.3, 0.4) is 0 Å². The highest BCUT2D eigenvalue weighted by Crippen LogP contribution is 2.38. The number of hydrogen-bond acceptors (Lipinski definition) is 8. The van der Waals surface area contributed by atoms with E-state index in [2.05, 4.69) is 22.5 Å².